The first-order valence-electron chi connectivity index (χ1n) is 6.94. The monoisotopic (exact) mass is 258 g/mol. The molecular formula is C14H30N2O2. The van der Waals surface area contributed by atoms with Crippen molar-refractivity contribution >= 4 is 6.09 Å². The molecule has 0 fully saturated rings. The van der Waals surface area contributed by atoms with Crippen molar-refractivity contribution in [1.82, 2.24) is 10.6 Å². The molecule has 0 radical (unpaired) electrons. The zero-order valence-corrected chi connectivity index (χ0v) is 12.8. The summed E-state index contributed by atoms with van der Waals surface area (Å²) in [4.78, 5) is 11.6. The number of nitrogens with one attached hydrogen (secondary N) is 2. The van der Waals surface area contributed by atoms with Gasteiger partial charge >= 0.3 is 6.09 Å². The number of ether oxygens (including phenoxy) is 1. The van der Waals surface area contributed by atoms with Gasteiger partial charge in [-0.05, 0) is 46.1 Å². The van der Waals surface area contributed by atoms with E-state index in [0.717, 1.165) is 25.9 Å². The highest BCUT2D eigenvalue weighted by atomic mass is 16.6. The lowest BCUT2D eigenvalue weighted by Crippen LogP contribution is -2.44. The van der Waals surface area contributed by atoms with Crippen LogP contribution in [0.25, 0.3) is 0 Å². The molecule has 0 aliphatic carbocycles. The first-order chi connectivity index (χ1) is 8.24. The van der Waals surface area contributed by atoms with E-state index in [2.05, 4.69) is 31.4 Å². The molecule has 18 heavy (non-hydrogen) atoms. The molecule has 0 aromatic carbocycles. The van der Waals surface area contributed by atoms with Gasteiger partial charge in [-0.2, -0.15) is 0 Å². The highest BCUT2D eigenvalue weighted by Crippen LogP contribution is 2.07. The average molecular weight is 258 g/mol. The number of amides is 1. The first kappa shape index (κ1) is 17.2. The fourth-order valence-corrected chi connectivity index (χ4v) is 1.44. The van der Waals surface area contributed by atoms with Crippen LogP contribution < -0.4 is 10.6 Å². The largest absolute Gasteiger partial charge is 0.444 e. The topological polar surface area (TPSA) is 50.4 Å². The van der Waals surface area contributed by atoms with Crippen molar-refractivity contribution < 1.29 is 9.53 Å². The Morgan fingerprint density at radius 3 is 2.33 bits per heavy atom. The van der Waals surface area contributed by atoms with Crippen LogP contribution in [0.1, 0.15) is 54.4 Å². The van der Waals surface area contributed by atoms with E-state index in [-0.39, 0.29) is 12.1 Å². The molecule has 1 amide bonds. The van der Waals surface area contributed by atoms with Crippen molar-refractivity contribution in [3.05, 3.63) is 0 Å². The quantitative estimate of drug-likeness (QED) is 0.690. The Balaban J connectivity index is 3.86. The molecule has 2 N–H and O–H groups in total. The molecule has 0 bridgehead atoms. The summed E-state index contributed by atoms with van der Waals surface area (Å²) in [5, 5.41) is 6.25. The van der Waals surface area contributed by atoms with Crippen LogP contribution in [0.5, 0.6) is 0 Å². The minimum absolute atomic E-state index is 0.131. The van der Waals surface area contributed by atoms with E-state index < -0.39 is 5.60 Å². The number of hydrogen-bond donors (Lipinski definition) is 2. The van der Waals surface area contributed by atoms with Crippen LogP contribution in [-0.4, -0.2) is 30.8 Å². The Kier molecular flexibility index (Phi) is 8.00. The number of carbonyl (C=O) groups is 1. The van der Waals surface area contributed by atoms with E-state index in [1.165, 1.54) is 0 Å². The third-order valence-corrected chi connectivity index (χ3v) is 2.50. The molecule has 108 valence electrons. The fourth-order valence-electron chi connectivity index (χ4n) is 1.44. The summed E-state index contributed by atoms with van der Waals surface area (Å²) in [5.41, 5.74) is -0.437. The van der Waals surface area contributed by atoms with Gasteiger partial charge in [-0.1, -0.05) is 20.8 Å². The van der Waals surface area contributed by atoms with Crippen molar-refractivity contribution in [2.45, 2.75) is 66.0 Å². The Labute approximate surface area is 112 Å². The average Bonchev–Trinajstić information content (AvgIpc) is 2.19. The van der Waals surface area contributed by atoms with Crippen LogP contribution in [0, 0.1) is 5.92 Å². The Hall–Kier alpha value is -0.770. The van der Waals surface area contributed by atoms with Gasteiger partial charge in [-0.15, -0.1) is 0 Å². The maximum Gasteiger partial charge on any atom is 0.407 e. The second kappa shape index (κ2) is 8.35. The van der Waals surface area contributed by atoms with Crippen molar-refractivity contribution in [2.75, 3.05) is 13.1 Å². The van der Waals surface area contributed by atoms with E-state index in [4.69, 9.17) is 4.74 Å². The number of alkyl carbamates (subject to hydrolysis) is 1. The van der Waals surface area contributed by atoms with Crippen LogP contribution >= 0.6 is 0 Å². The standard InChI is InChI=1S/C14H30N2O2/c1-7-12(10-15-9-8-11(2)3)16-13(17)18-14(4,5)6/h11-12,15H,7-10H2,1-6H3,(H,16,17). The van der Waals surface area contributed by atoms with Gasteiger partial charge < -0.3 is 15.4 Å². The molecule has 0 heterocycles. The van der Waals surface area contributed by atoms with Crippen molar-refractivity contribution in [3.63, 3.8) is 0 Å². The minimum Gasteiger partial charge on any atom is -0.444 e. The predicted octanol–water partition coefficient (Wildman–Crippen LogP) is 2.93. The van der Waals surface area contributed by atoms with E-state index in [9.17, 15) is 4.79 Å². The van der Waals surface area contributed by atoms with Gasteiger partial charge in [-0.3, -0.25) is 0 Å². The first-order valence-corrected chi connectivity index (χ1v) is 6.94. The van der Waals surface area contributed by atoms with Gasteiger partial charge in [0.1, 0.15) is 5.60 Å². The van der Waals surface area contributed by atoms with E-state index in [0.29, 0.717) is 5.92 Å². The summed E-state index contributed by atoms with van der Waals surface area (Å²) < 4.78 is 5.24. The Morgan fingerprint density at radius 2 is 1.89 bits per heavy atom. The van der Waals surface area contributed by atoms with Crippen LogP contribution in [-0.2, 0) is 4.74 Å². The second-order valence-corrected chi connectivity index (χ2v) is 6.14. The third kappa shape index (κ3) is 10.4. The van der Waals surface area contributed by atoms with E-state index in [1.54, 1.807) is 0 Å². The zero-order chi connectivity index (χ0) is 14.2. The lowest BCUT2D eigenvalue weighted by Gasteiger charge is -2.23. The Morgan fingerprint density at radius 1 is 1.28 bits per heavy atom. The van der Waals surface area contributed by atoms with Gasteiger partial charge in [0.25, 0.3) is 0 Å². The van der Waals surface area contributed by atoms with E-state index >= 15 is 0 Å². The summed E-state index contributed by atoms with van der Waals surface area (Å²) in [5.74, 6) is 0.705. The Bertz CT molecular complexity index is 234. The second-order valence-electron chi connectivity index (χ2n) is 6.14. The lowest BCUT2D eigenvalue weighted by atomic mass is 10.1. The summed E-state index contributed by atoms with van der Waals surface area (Å²) in [6, 6.07) is 0.131. The molecule has 4 nitrogen and oxygen atoms in total. The summed E-state index contributed by atoms with van der Waals surface area (Å²) in [6.07, 6.45) is 1.72. The maximum absolute atomic E-state index is 11.6. The highest BCUT2D eigenvalue weighted by Gasteiger charge is 2.18. The molecule has 0 aromatic heterocycles. The molecule has 0 aliphatic heterocycles. The van der Waals surface area contributed by atoms with Crippen molar-refractivity contribution in [1.29, 1.82) is 0 Å². The lowest BCUT2D eigenvalue weighted by molar-refractivity contribution is 0.0502. The van der Waals surface area contributed by atoms with Gasteiger partial charge in [0, 0.05) is 12.6 Å². The van der Waals surface area contributed by atoms with Gasteiger partial charge in [-0.25, -0.2) is 4.79 Å². The summed E-state index contributed by atoms with van der Waals surface area (Å²) in [7, 11) is 0. The maximum atomic E-state index is 11.6. The molecule has 0 saturated heterocycles. The summed E-state index contributed by atoms with van der Waals surface area (Å²) >= 11 is 0. The number of hydrogen-bond acceptors (Lipinski definition) is 3. The highest BCUT2D eigenvalue weighted by molar-refractivity contribution is 5.68. The van der Waals surface area contributed by atoms with Crippen LogP contribution in [0.15, 0.2) is 0 Å². The van der Waals surface area contributed by atoms with Crippen molar-refractivity contribution in [2.24, 2.45) is 5.92 Å². The zero-order valence-electron chi connectivity index (χ0n) is 12.8. The predicted molar refractivity (Wildman–Crippen MR) is 75.8 cm³/mol. The number of rotatable bonds is 7. The molecule has 0 aliphatic rings. The molecule has 0 rings (SSSR count). The molecule has 0 aromatic rings. The molecule has 0 saturated carbocycles. The normalized spacial score (nSPS) is 13.5. The summed E-state index contributed by atoms with van der Waals surface area (Å²) in [6.45, 7) is 13.9. The molecule has 1 atom stereocenters. The van der Waals surface area contributed by atoms with Gasteiger partial charge in [0.15, 0.2) is 0 Å². The third-order valence-electron chi connectivity index (χ3n) is 2.50. The van der Waals surface area contributed by atoms with Crippen molar-refractivity contribution in [3.8, 4) is 0 Å². The van der Waals surface area contributed by atoms with Crippen LogP contribution in [0.2, 0.25) is 0 Å². The molecule has 1 unspecified atom stereocenters. The van der Waals surface area contributed by atoms with Crippen LogP contribution in [0.3, 0.4) is 0 Å². The number of carbonyl (C=O) groups excluding carboxylic acids is 1. The molecular weight excluding hydrogens is 228 g/mol. The molecule has 0 spiro atoms. The fraction of sp³-hybridized carbons (Fsp3) is 0.929. The molecule has 4 heteroatoms. The van der Waals surface area contributed by atoms with Crippen LogP contribution in [0.4, 0.5) is 4.79 Å². The van der Waals surface area contributed by atoms with Gasteiger partial charge in [0.2, 0.25) is 0 Å². The minimum atomic E-state index is -0.437. The van der Waals surface area contributed by atoms with Gasteiger partial charge in [0.05, 0.1) is 0 Å². The SMILES string of the molecule is CCC(CNCCC(C)C)NC(=O)OC(C)(C)C. The smallest absolute Gasteiger partial charge is 0.407 e. The van der Waals surface area contributed by atoms with E-state index in [1.807, 2.05) is 20.8 Å².